The number of hydrogen-bond acceptors (Lipinski definition) is 4. The summed E-state index contributed by atoms with van der Waals surface area (Å²) in [6, 6.07) is 14.1. The van der Waals surface area contributed by atoms with Gasteiger partial charge in [-0.05, 0) is 35.1 Å². The molecule has 0 saturated carbocycles. The molecule has 3 N–H and O–H groups in total. The number of hydrogen-bond donors (Lipinski definition) is 3. The maximum atomic E-state index is 12.3. The lowest BCUT2D eigenvalue weighted by Crippen LogP contribution is -2.52. The SMILES string of the molecule is CC(NC(=O)OCC1c2ccccc2-c2ccccc21)C(=O)N[C@@H](C(=O)O)C(C)C. The fourth-order valence-corrected chi connectivity index (χ4v) is 3.67. The number of carboxylic acids is 1. The van der Waals surface area contributed by atoms with Gasteiger partial charge in [-0.15, -0.1) is 0 Å². The number of amides is 2. The average Bonchev–Trinajstić information content (AvgIpc) is 3.03. The zero-order chi connectivity index (χ0) is 21.8. The molecule has 0 fully saturated rings. The smallest absolute Gasteiger partial charge is 0.407 e. The Bertz CT molecular complexity index is 911. The van der Waals surface area contributed by atoms with Gasteiger partial charge in [0, 0.05) is 5.92 Å². The summed E-state index contributed by atoms with van der Waals surface area (Å²) in [5, 5.41) is 14.1. The van der Waals surface area contributed by atoms with E-state index in [0.717, 1.165) is 22.3 Å². The zero-order valence-corrected chi connectivity index (χ0v) is 17.2. The number of benzene rings is 2. The highest BCUT2D eigenvalue weighted by atomic mass is 16.5. The standard InChI is InChI=1S/C23H26N2O5/c1-13(2)20(22(27)28)25-21(26)14(3)24-23(29)30-12-19-17-10-6-4-8-15(17)16-9-5-7-11-18(16)19/h4-11,13-14,19-20H,12H2,1-3H3,(H,24,29)(H,25,26)(H,27,28)/t14?,20-/m1/s1. The molecule has 2 aromatic carbocycles. The van der Waals surface area contributed by atoms with Crippen LogP contribution in [0.4, 0.5) is 4.79 Å². The Balaban J connectivity index is 1.60. The van der Waals surface area contributed by atoms with E-state index in [2.05, 4.69) is 10.6 Å². The highest BCUT2D eigenvalue weighted by Gasteiger charge is 2.30. The Morgan fingerprint density at radius 2 is 1.47 bits per heavy atom. The van der Waals surface area contributed by atoms with Gasteiger partial charge in [0.2, 0.25) is 5.91 Å². The van der Waals surface area contributed by atoms with Crippen LogP contribution in [-0.2, 0) is 14.3 Å². The minimum atomic E-state index is -1.12. The minimum absolute atomic E-state index is 0.0791. The number of ether oxygens (including phenoxy) is 1. The van der Waals surface area contributed by atoms with Gasteiger partial charge in [0.05, 0.1) is 0 Å². The molecule has 0 radical (unpaired) electrons. The van der Waals surface area contributed by atoms with Crippen LogP contribution >= 0.6 is 0 Å². The highest BCUT2D eigenvalue weighted by Crippen LogP contribution is 2.44. The van der Waals surface area contributed by atoms with Gasteiger partial charge in [-0.1, -0.05) is 62.4 Å². The van der Waals surface area contributed by atoms with Crippen LogP contribution in [0.15, 0.2) is 48.5 Å². The van der Waals surface area contributed by atoms with Gasteiger partial charge in [0.1, 0.15) is 18.7 Å². The Kier molecular flexibility index (Phi) is 6.40. The molecular weight excluding hydrogens is 384 g/mol. The number of rotatable bonds is 7. The summed E-state index contributed by atoms with van der Waals surface area (Å²) >= 11 is 0. The predicted molar refractivity (Wildman–Crippen MR) is 112 cm³/mol. The van der Waals surface area contributed by atoms with Crippen LogP contribution in [-0.4, -0.2) is 41.8 Å². The molecule has 2 aromatic rings. The van der Waals surface area contributed by atoms with Crippen molar-refractivity contribution in [1.29, 1.82) is 0 Å². The van der Waals surface area contributed by atoms with Crippen LogP contribution < -0.4 is 10.6 Å². The van der Waals surface area contributed by atoms with Crippen LogP contribution in [0.3, 0.4) is 0 Å². The molecule has 3 rings (SSSR count). The summed E-state index contributed by atoms with van der Waals surface area (Å²) in [6.07, 6.45) is -0.726. The van der Waals surface area contributed by atoms with E-state index in [1.54, 1.807) is 13.8 Å². The van der Waals surface area contributed by atoms with Gasteiger partial charge in [-0.2, -0.15) is 0 Å². The molecule has 0 aromatic heterocycles. The van der Waals surface area contributed by atoms with E-state index in [9.17, 15) is 19.5 Å². The minimum Gasteiger partial charge on any atom is -0.480 e. The van der Waals surface area contributed by atoms with E-state index >= 15 is 0 Å². The summed E-state index contributed by atoms with van der Waals surface area (Å²) in [5.41, 5.74) is 4.45. The highest BCUT2D eigenvalue weighted by molar-refractivity contribution is 5.89. The fraction of sp³-hybridized carbons (Fsp3) is 0.348. The first kappa shape index (κ1) is 21.4. The van der Waals surface area contributed by atoms with Crippen molar-refractivity contribution >= 4 is 18.0 Å². The van der Waals surface area contributed by atoms with E-state index in [4.69, 9.17) is 4.74 Å². The monoisotopic (exact) mass is 410 g/mol. The molecule has 158 valence electrons. The third-order valence-electron chi connectivity index (χ3n) is 5.30. The molecule has 0 aliphatic heterocycles. The predicted octanol–water partition coefficient (Wildman–Crippen LogP) is 3.14. The number of alkyl carbamates (subject to hydrolysis) is 1. The molecule has 7 nitrogen and oxygen atoms in total. The van der Waals surface area contributed by atoms with E-state index in [-0.39, 0.29) is 18.4 Å². The van der Waals surface area contributed by atoms with Crippen molar-refractivity contribution in [1.82, 2.24) is 10.6 Å². The lowest BCUT2D eigenvalue weighted by Gasteiger charge is -2.21. The first-order chi connectivity index (χ1) is 14.3. The second kappa shape index (κ2) is 8.98. The summed E-state index contributed by atoms with van der Waals surface area (Å²) < 4.78 is 5.41. The van der Waals surface area contributed by atoms with E-state index < -0.39 is 30.1 Å². The zero-order valence-electron chi connectivity index (χ0n) is 17.2. The van der Waals surface area contributed by atoms with Crippen molar-refractivity contribution in [3.05, 3.63) is 59.7 Å². The van der Waals surface area contributed by atoms with Gasteiger partial charge < -0.3 is 20.5 Å². The van der Waals surface area contributed by atoms with Crippen molar-refractivity contribution in [3.8, 4) is 11.1 Å². The van der Waals surface area contributed by atoms with Crippen molar-refractivity contribution in [2.24, 2.45) is 5.92 Å². The molecule has 1 aliphatic carbocycles. The van der Waals surface area contributed by atoms with E-state index in [1.165, 1.54) is 6.92 Å². The fourth-order valence-electron chi connectivity index (χ4n) is 3.67. The number of nitrogens with one attached hydrogen (secondary N) is 2. The van der Waals surface area contributed by atoms with Crippen molar-refractivity contribution in [2.45, 2.75) is 38.8 Å². The van der Waals surface area contributed by atoms with Crippen LogP contribution in [0, 0.1) is 5.92 Å². The Morgan fingerprint density at radius 3 is 1.97 bits per heavy atom. The molecule has 1 unspecified atom stereocenters. The Hall–Kier alpha value is -3.35. The quantitative estimate of drug-likeness (QED) is 0.650. The van der Waals surface area contributed by atoms with Crippen LogP contribution in [0.2, 0.25) is 0 Å². The number of carbonyl (C=O) groups excluding carboxylic acids is 2. The van der Waals surface area contributed by atoms with Crippen molar-refractivity contribution in [2.75, 3.05) is 6.61 Å². The third-order valence-corrected chi connectivity index (χ3v) is 5.30. The largest absolute Gasteiger partial charge is 0.480 e. The third kappa shape index (κ3) is 4.45. The van der Waals surface area contributed by atoms with Gasteiger partial charge in [-0.3, -0.25) is 4.79 Å². The average molecular weight is 410 g/mol. The first-order valence-corrected chi connectivity index (χ1v) is 9.94. The summed E-state index contributed by atoms with van der Waals surface area (Å²) in [6.45, 7) is 5.01. The van der Waals surface area contributed by atoms with E-state index in [0.29, 0.717) is 0 Å². The maximum Gasteiger partial charge on any atom is 0.407 e. The van der Waals surface area contributed by atoms with Crippen LogP contribution in [0.25, 0.3) is 11.1 Å². The molecular formula is C23H26N2O5. The molecule has 2 atom stereocenters. The molecule has 7 heteroatoms. The normalized spacial score (nSPS) is 14.4. The lowest BCUT2D eigenvalue weighted by molar-refractivity contribution is -0.143. The molecule has 0 spiro atoms. The molecule has 1 aliphatic rings. The Labute approximate surface area is 175 Å². The topological polar surface area (TPSA) is 105 Å². The number of aliphatic carboxylic acids is 1. The van der Waals surface area contributed by atoms with Crippen LogP contribution in [0.5, 0.6) is 0 Å². The van der Waals surface area contributed by atoms with Crippen molar-refractivity contribution < 1.29 is 24.2 Å². The van der Waals surface area contributed by atoms with Gasteiger partial charge >= 0.3 is 12.1 Å². The molecule has 0 heterocycles. The molecule has 0 bridgehead atoms. The second-order valence-electron chi connectivity index (χ2n) is 7.76. The summed E-state index contributed by atoms with van der Waals surface area (Å²) in [4.78, 5) is 35.7. The van der Waals surface area contributed by atoms with Gasteiger partial charge in [0.25, 0.3) is 0 Å². The first-order valence-electron chi connectivity index (χ1n) is 9.94. The van der Waals surface area contributed by atoms with Crippen LogP contribution in [0.1, 0.15) is 37.8 Å². The maximum absolute atomic E-state index is 12.3. The summed E-state index contributed by atoms with van der Waals surface area (Å²) in [7, 11) is 0. The number of carbonyl (C=O) groups is 3. The lowest BCUT2D eigenvalue weighted by atomic mass is 9.98. The summed E-state index contributed by atoms with van der Waals surface area (Å²) in [5.74, 6) is -2.06. The number of fused-ring (bicyclic) bond motifs is 3. The number of carboxylic acid groups (broad SMARTS) is 1. The van der Waals surface area contributed by atoms with Gasteiger partial charge in [-0.25, -0.2) is 9.59 Å². The van der Waals surface area contributed by atoms with Crippen molar-refractivity contribution in [3.63, 3.8) is 0 Å². The molecule has 0 saturated heterocycles. The van der Waals surface area contributed by atoms with E-state index in [1.807, 2.05) is 48.5 Å². The second-order valence-corrected chi connectivity index (χ2v) is 7.76. The Morgan fingerprint density at radius 1 is 0.933 bits per heavy atom. The molecule has 2 amide bonds. The van der Waals surface area contributed by atoms with Gasteiger partial charge in [0.15, 0.2) is 0 Å². The molecule has 30 heavy (non-hydrogen) atoms.